The van der Waals surface area contributed by atoms with E-state index in [0.717, 1.165) is 17.2 Å². The smallest absolute Gasteiger partial charge is 0.211 e. The first-order valence-corrected chi connectivity index (χ1v) is 10.5. The van der Waals surface area contributed by atoms with Crippen molar-refractivity contribution in [2.75, 3.05) is 32.0 Å². The highest BCUT2D eigenvalue weighted by molar-refractivity contribution is 7.99. The van der Waals surface area contributed by atoms with Gasteiger partial charge in [-0.3, -0.25) is 0 Å². The SMILES string of the molecule is COCOCCCS(=O)(=O)NCc1cccc(SCC2CC2)c1. The highest BCUT2D eigenvalue weighted by atomic mass is 32.2. The van der Waals surface area contributed by atoms with Gasteiger partial charge in [-0.1, -0.05) is 12.1 Å². The predicted molar refractivity (Wildman–Crippen MR) is 93.0 cm³/mol. The third kappa shape index (κ3) is 8.17. The largest absolute Gasteiger partial charge is 0.359 e. The molecule has 2 rings (SSSR count). The van der Waals surface area contributed by atoms with Gasteiger partial charge in [-0.25, -0.2) is 13.1 Å². The molecule has 130 valence electrons. The molecule has 1 saturated carbocycles. The van der Waals surface area contributed by atoms with Crippen molar-refractivity contribution in [3.05, 3.63) is 29.8 Å². The van der Waals surface area contributed by atoms with Gasteiger partial charge < -0.3 is 9.47 Å². The Morgan fingerprint density at radius 2 is 2.17 bits per heavy atom. The fourth-order valence-electron chi connectivity index (χ4n) is 2.00. The maximum atomic E-state index is 11.9. The number of methoxy groups -OCH3 is 1. The average Bonchev–Trinajstić information content (AvgIpc) is 3.36. The van der Waals surface area contributed by atoms with Crippen LogP contribution >= 0.6 is 11.8 Å². The maximum absolute atomic E-state index is 11.9. The maximum Gasteiger partial charge on any atom is 0.211 e. The summed E-state index contributed by atoms with van der Waals surface area (Å²) in [6.45, 7) is 0.903. The summed E-state index contributed by atoms with van der Waals surface area (Å²) >= 11 is 1.85. The molecular weight excluding hydrogens is 334 g/mol. The number of hydrogen-bond acceptors (Lipinski definition) is 5. The van der Waals surface area contributed by atoms with Crippen molar-refractivity contribution in [3.63, 3.8) is 0 Å². The molecule has 0 heterocycles. The quantitative estimate of drug-likeness (QED) is 0.353. The lowest BCUT2D eigenvalue weighted by atomic mass is 10.2. The second-order valence-electron chi connectivity index (χ2n) is 5.71. The van der Waals surface area contributed by atoms with Gasteiger partial charge in [0.1, 0.15) is 6.79 Å². The number of benzene rings is 1. The molecule has 1 aromatic rings. The third-order valence-electron chi connectivity index (χ3n) is 3.48. The summed E-state index contributed by atoms with van der Waals surface area (Å²) in [4.78, 5) is 1.21. The van der Waals surface area contributed by atoms with E-state index < -0.39 is 10.0 Å². The molecule has 0 bridgehead atoms. The van der Waals surface area contributed by atoms with E-state index in [0.29, 0.717) is 19.6 Å². The Morgan fingerprint density at radius 3 is 2.91 bits per heavy atom. The highest BCUT2D eigenvalue weighted by Gasteiger charge is 2.21. The van der Waals surface area contributed by atoms with Crippen LogP contribution in [0.2, 0.25) is 0 Å². The van der Waals surface area contributed by atoms with E-state index in [1.165, 1.54) is 24.8 Å². The van der Waals surface area contributed by atoms with E-state index in [1.54, 1.807) is 0 Å². The summed E-state index contributed by atoms with van der Waals surface area (Å²) in [5.74, 6) is 2.10. The van der Waals surface area contributed by atoms with E-state index in [-0.39, 0.29) is 12.5 Å². The van der Waals surface area contributed by atoms with Crippen molar-refractivity contribution in [3.8, 4) is 0 Å². The first-order valence-electron chi connectivity index (χ1n) is 7.85. The lowest BCUT2D eigenvalue weighted by Crippen LogP contribution is -2.26. The molecule has 23 heavy (non-hydrogen) atoms. The molecule has 0 saturated heterocycles. The topological polar surface area (TPSA) is 64.6 Å². The second-order valence-corrected chi connectivity index (χ2v) is 8.73. The predicted octanol–water partition coefficient (Wildman–Crippen LogP) is 2.62. The van der Waals surface area contributed by atoms with Gasteiger partial charge in [-0.2, -0.15) is 0 Å². The Kier molecular flexibility index (Phi) is 7.85. The van der Waals surface area contributed by atoms with E-state index in [1.807, 2.05) is 23.9 Å². The Morgan fingerprint density at radius 1 is 1.35 bits per heavy atom. The zero-order valence-electron chi connectivity index (χ0n) is 13.5. The van der Waals surface area contributed by atoms with Crippen LogP contribution in [-0.2, 0) is 26.0 Å². The van der Waals surface area contributed by atoms with Crippen LogP contribution in [0.25, 0.3) is 0 Å². The summed E-state index contributed by atoms with van der Waals surface area (Å²) in [6.07, 6.45) is 3.15. The lowest BCUT2D eigenvalue weighted by molar-refractivity contribution is -0.0298. The van der Waals surface area contributed by atoms with Crippen molar-refractivity contribution in [1.82, 2.24) is 4.72 Å². The Labute approximate surface area is 143 Å². The van der Waals surface area contributed by atoms with Crippen LogP contribution in [0.3, 0.4) is 0 Å². The molecule has 0 aliphatic heterocycles. The average molecular weight is 360 g/mol. The van der Waals surface area contributed by atoms with Crippen LogP contribution in [0, 0.1) is 5.92 Å². The molecule has 0 amide bonds. The highest BCUT2D eigenvalue weighted by Crippen LogP contribution is 2.35. The number of sulfonamides is 1. The Bertz CT molecular complexity index is 573. The van der Waals surface area contributed by atoms with Crippen LogP contribution in [-0.4, -0.2) is 40.4 Å². The number of hydrogen-bond donors (Lipinski definition) is 1. The van der Waals surface area contributed by atoms with E-state index in [2.05, 4.69) is 16.9 Å². The van der Waals surface area contributed by atoms with Gasteiger partial charge in [-0.05, 0) is 42.9 Å². The molecule has 7 heteroatoms. The van der Waals surface area contributed by atoms with Gasteiger partial charge >= 0.3 is 0 Å². The zero-order chi connectivity index (χ0) is 16.5. The fourth-order valence-corrected chi connectivity index (χ4v) is 4.20. The molecule has 1 aliphatic rings. The molecule has 0 spiro atoms. The Hall–Kier alpha value is -0.600. The third-order valence-corrected chi connectivity index (χ3v) is 6.12. The van der Waals surface area contributed by atoms with Crippen LogP contribution in [0.4, 0.5) is 0 Å². The van der Waals surface area contributed by atoms with E-state index in [4.69, 9.17) is 9.47 Å². The minimum absolute atomic E-state index is 0.0623. The van der Waals surface area contributed by atoms with Crippen molar-refractivity contribution in [2.24, 2.45) is 5.92 Å². The lowest BCUT2D eigenvalue weighted by Gasteiger charge is -2.08. The number of thioether (sulfide) groups is 1. The monoisotopic (exact) mass is 359 g/mol. The molecule has 0 atom stereocenters. The normalized spacial score (nSPS) is 15.0. The van der Waals surface area contributed by atoms with Gasteiger partial charge in [0.25, 0.3) is 0 Å². The van der Waals surface area contributed by atoms with E-state index in [9.17, 15) is 8.42 Å². The molecule has 5 nitrogen and oxygen atoms in total. The van der Waals surface area contributed by atoms with Crippen molar-refractivity contribution >= 4 is 21.8 Å². The zero-order valence-corrected chi connectivity index (χ0v) is 15.1. The van der Waals surface area contributed by atoms with Gasteiger partial charge in [0.2, 0.25) is 10.0 Å². The van der Waals surface area contributed by atoms with Gasteiger partial charge in [0.05, 0.1) is 12.4 Å². The minimum Gasteiger partial charge on any atom is -0.359 e. The van der Waals surface area contributed by atoms with Gasteiger partial charge in [0.15, 0.2) is 0 Å². The number of rotatable bonds is 12. The molecule has 1 aromatic carbocycles. The second kappa shape index (κ2) is 9.64. The standard InChI is InChI=1S/C16H25NO4S2/c1-20-13-21-8-3-9-23(18,19)17-11-15-4-2-5-16(10-15)22-12-14-6-7-14/h2,4-5,10,14,17H,3,6-9,11-13H2,1H3. The van der Waals surface area contributed by atoms with Crippen LogP contribution in [0.15, 0.2) is 29.2 Å². The molecule has 0 aromatic heterocycles. The number of nitrogens with one attached hydrogen (secondary N) is 1. The molecule has 0 unspecified atom stereocenters. The molecule has 1 N–H and O–H groups in total. The summed E-state index contributed by atoms with van der Waals surface area (Å²) in [5, 5.41) is 0. The van der Waals surface area contributed by atoms with E-state index >= 15 is 0 Å². The molecular formula is C16H25NO4S2. The van der Waals surface area contributed by atoms with Crippen LogP contribution < -0.4 is 4.72 Å². The van der Waals surface area contributed by atoms with Gasteiger partial charge in [-0.15, -0.1) is 11.8 Å². The summed E-state index contributed by atoms with van der Waals surface area (Å²) in [6, 6.07) is 8.08. The molecule has 1 aliphatic carbocycles. The first-order chi connectivity index (χ1) is 11.1. The Balaban J connectivity index is 1.71. The number of ether oxygens (including phenoxy) is 2. The van der Waals surface area contributed by atoms with Crippen LogP contribution in [0.5, 0.6) is 0 Å². The molecule has 1 fully saturated rings. The summed E-state index contributed by atoms with van der Waals surface area (Å²) < 4.78 is 36.4. The van der Waals surface area contributed by atoms with Crippen molar-refractivity contribution < 1.29 is 17.9 Å². The molecule has 0 radical (unpaired) electrons. The van der Waals surface area contributed by atoms with Crippen LogP contribution in [0.1, 0.15) is 24.8 Å². The fraction of sp³-hybridized carbons (Fsp3) is 0.625. The van der Waals surface area contributed by atoms with Crippen molar-refractivity contribution in [2.45, 2.75) is 30.7 Å². The van der Waals surface area contributed by atoms with Crippen molar-refractivity contribution in [1.29, 1.82) is 0 Å². The summed E-state index contributed by atoms with van der Waals surface area (Å²) in [5.41, 5.74) is 0.991. The minimum atomic E-state index is -3.27. The summed E-state index contributed by atoms with van der Waals surface area (Å²) in [7, 11) is -1.74. The first kappa shape index (κ1) is 18.7. The van der Waals surface area contributed by atoms with Gasteiger partial charge in [0, 0.05) is 24.3 Å².